The molecule has 3 N–H and O–H groups in total. The molecule has 1 unspecified atom stereocenters. The van der Waals surface area contributed by atoms with Crippen molar-refractivity contribution in [3.63, 3.8) is 0 Å². The van der Waals surface area contributed by atoms with Gasteiger partial charge in [0.2, 0.25) is 0 Å². The van der Waals surface area contributed by atoms with Gasteiger partial charge in [-0.15, -0.1) is 6.58 Å². The van der Waals surface area contributed by atoms with E-state index in [-0.39, 0.29) is 6.42 Å². The Balaban J connectivity index is 2.01. The quantitative estimate of drug-likeness (QED) is 0.410. The smallest absolute Gasteiger partial charge is 0.326 e. The lowest BCUT2D eigenvalue weighted by Gasteiger charge is -2.13. The lowest BCUT2D eigenvalue weighted by atomic mass is 10.2. The number of amides is 2. The SMILES string of the molecule is C=CCC(NC(=O)NCCCOCC1CC1)C(=O)O. The molecule has 0 bridgehead atoms. The van der Waals surface area contributed by atoms with Gasteiger partial charge in [-0.05, 0) is 31.6 Å². The molecule has 0 aromatic rings. The molecule has 19 heavy (non-hydrogen) atoms. The number of hydrogen-bond donors (Lipinski definition) is 3. The Morgan fingerprint density at radius 2 is 2.21 bits per heavy atom. The molecule has 0 saturated heterocycles. The molecule has 1 aliphatic rings. The van der Waals surface area contributed by atoms with Crippen molar-refractivity contribution in [1.82, 2.24) is 10.6 Å². The Labute approximate surface area is 113 Å². The molecule has 6 heteroatoms. The number of carbonyl (C=O) groups is 2. The van der Waals surface area contributed by atoms with Gasteiger partial charge in [0.25, 0.3) is 0 Å². The third-order valence-electron chi connectivity index (χ3n) is 2.81. The summed E-state index contributed by atoms with van der Waals surface area (Å²) in [6.45, 7) is 5.35. The van der Waals surface area contributed by atoms with E-state index in [4.69, 9.17) is 9.84 Å². The van der Waals surface area contributed by atoms with Crippen LogP contribution in [0.3, 0.4) is 0 Å². The average molecular weight is 270 g/mol. The van der Waals surface area contributed by atoms with Gasteiger partial charge in [-0.25, -0.2) is 9.59 Å². The van der Waals surface area contributed by atoms with E-state index < -0.39 is 18.0 Å². The topological polar surface area (TPSA) is 87.7 Å². The van der Waals surface area contributed by atoms with Gasteiger partial charge in [0.15, 0.2) is 0 Å². The zero-order valence-electron chi connectivity index (χ0n) is 11.1. The molecule has 0 heterocycles. The zero-order chi connectivity index (χ0) is 14.1. The van der Waals surface area contributed by atoms with Crippen LogP contribution in [-0.2, 0) is 9.53 Å². The van der Waals surface area contributed by atoms with Gasteiger partial charge in [-0.1, -0.05) is 6.08 Å². The second-order valence-corrected chi connectivity index (χ2v) is 4.69. The third kappa shape index (κ3) is 7.46. The molecule has 2 amide bonds. The van der Waals surface area contributed by atoms with Gasteiger partial charge in [0.05, 0.1) is 0 Å². The maximum absolute atomic E-state index is 11.4. The number of ether oxygens (including phenoxy) is 1. The van der Waals surface area contributed by atoms with Gasteiger partial charge < -0.3 is 20.5 Å². The predicted octanol–water partition coefficient (Wildman–Crippen LogP) is 1.13. The monoisotopic (exact) mass is 270 g/mol. The Bertz CT molecular complexity index is 316. The Morgan fingerprint density at radius 3 is 2.79 bits per heavy atom. The maximum Gasteiger partial charge on any atom is 0.326 e. The van der Waals surface area contributed by atoms with Crippen molar-refractivity contribution in [1.29, 1.82) is 0 Å². The molecule has 0 aromatic carbocycles. The summed E-state index contributed by atoms with van der Waals surface area (Å²) < 4.78 is 5.42. The molecule has 108 valence electrons. The number of hydrogen-bond acceptors (Lipinski definition) is 3. The van der Waals surface area contributed by atoms with E-state index in [1.807, 2.05) is 0 Å². The highest BCUT2D eigenvalue weighted by atomic mass is 16.5. The van der Waals surface area contributed by atoms with Crippen molar-refractivity contribution in [2.75, 3.05) is 19.8 Å². The van der Waals surface area contributed by atoms with Crippen LogP contribution in [-0.4, -0.2) is 42.9 Å². The maximum atomic E-state index is 11.4. The van der Waals surface area contributed by atoms with Crippen LogP contribution >= 0.6 is 0 Å². The zero-order valence-corrected chi connectivity index (χ0v) is 11.1. The number of aliphatic carboxylic acids is 1. The van der Waals surface area contributed by atoms with Crippen LogP contribution < -0.4 is 10.6 Å². The van der Waals surface area contributed by atoms with Gasteiger partial charge in [-0.2, -0.15) is 0 Å². The van der Waals surface area contributed by atoms with Crippen LogP contribution in [0.25, 0.3) is 0 Å². The molecule has 6 nitrogen and oxygen atoms in total. The van der Waals surface area contributed by atoms with Crippen molar-refractivity contribution < 1.29 is 19.4 Å². The minimum Gasteiger partial charge on any atom is -0.480 e. The standard InChI is InChI=1S/C13H22N2O4/c1-2-4-11(12(16)17)15-13(18)14-7-3-8-19-9-10-5-6-10/h2,10-11H,1,3-9H2,(H,16,17)(H2,14,15,18). The van der Waals surface area contributed by atoms with Gasteiger partial charge in [0, 0.05) is 19.8 Å². The lowest BCUT2D eigenvalue weighted by molar-refractivity contribution is -0.139. The fraction of sp³-hybridized carbons (Fsp3) is 0.692. The highest BCUT2D eigenvalue weighted by Gasteiger charge is 2.21. The van der Waals surface area contributed by atoms with E-state index in [2.05, 4.69) is 17.2 Å². The number of carboxylic acid groups (broad SMARTS) is 1. The van der Waals surface area contributed by atoms with Crippen molar-refractivity contribution in [2.45, 2.75) is 31.7 Å². The summed E-state index contributed by atoms with van der Waals surface area (Å²) >= 11 is 0. The predicted molar refractivity (Wildman–Crippen MR) is 70.9 cm³/mol. The van der Waals surface area contributed by atoms with E-state index in [0.717, 1.165) is 18.9 Å². The van der Waals surface area contributed by atoms with Crippen LogP contribution in [0.2, 0.25) is 0 Å². The molecule has 1 atom stereocenters. The van der Waals surface area contributed by atoms with Crippen LogP contribution in [0.4, 0.5) is 4.79 Å². The molecule has 1 saturated carbocycles. The summed E-state index contributed by atoms with van der Waals surface area (Å²) in [4.78, 5) is 22.2. The van der Waals surface area contributed by atoms with Crippen LogP contribution in [0.1, 0.15) is 25.7 Å². The summed E-state index contributed by atoms with van der Waals surface area (Å²) in [6, 6.07) is -1.40. The summed E-state index contributed by atoms with van der Waals surface area (Å²) in [6.07, 6.45) is 4.92. The molecule has 0 radical (unpaired) electrons. The number of rotatable bonds is 10. The molecule has 0 aliphatic heterocycles. The molecular weight excluding hydrogens is 248 g/mol. The van der Waals surface area contributed by atoms with E-state index in [9.17, 15) is 9.59 Å². The highest BCUT2D eigenvalue weighted by Crippen LogP contribution is 2.28. The second kappa shape index (κ2) is 8.53. The number of urea groups is 1. The first-order valence-electron chi connectivity index (χ1n) is 6.59. The molecule has 1 aliphatic carbocycles. The first-order valence-corrected chi connectivity index (χ1v) is 6.59. The first-order chi connectivity index (χ1) is 9.13. The summed E-state index contributed by atoms with van der Waals surface area (Å²) in [5, 5.41) is 13.8. The normalized spacial score (nSPS) is 15.6. The van der Waals surface area contributed by atoms with Crippen LogP contribution in [0.15, 0.2) is 12.7 Å². The Kier molecular flexibility index (Phi) is 6.95. The van der Waals surface area contributed by atoms with Crippen LogP contribution in [0.5, 0.6) is 0 Å². The van der Waals surface area contributed by atoms with Crippen LogP contribution in [0, 0.1) is 5.92 Å². The van der Waals surface area contributed by atoms with E-state index >= 15 is 0 Å². The summed E-state index contributed by atoms with van der Waals surface area (Å²) in [5.74, 6) is -0.325. The molecule has 0 spiro atoms. The number of carbonyl (C=O) groups excluding carboxylic acids is 1. The minimum absolute atomic E-state index is 0.202. The van der Waals surface area contributed by atoms with Crippen molar-refractivity contribution in [3.05, 3.63) is 12.7 Å². The van der Waals surface area contributed by atoms with Crippen molar-refractivity contribution in [2.24, 2.45) is 5.92 Å². The summed E-state index contributed by atoms with van der Waals surface area (Å²) in [7, 11) is 0. The fourth-order valence-corrected chi connectivity index (χ4v) is 1.51. The number of carboxylic acids is 1. The first kappa shape index (κ1) is 15.5. The van der Waals surface area contributed by atoms with Gasteiger partial charge in [-0.3, -0.25) is 0 Å². The van der Waals surface area contributed by atoms with E-state index in [0.29, 0.717) is 13.2 Å². The molecular formula is C13H22N2O4. The van der Waals surface area contributed by atoms with Gasteiger partial charge >= 0.3 is 12.0 Å². The fourth-order valence-electron chi connectivity index (χ4n) is 1.51. The molecule has 1 rings (SSSR count). The minimum atomic E-state index is -1.07. The molecule has 0 aromatic heterocycles. The van der Waals surface area contributed by atoms with Gasteiger partial charge in [0.1, 0.15) is 6.04 Å². The van der Waals surface area contributed by atoms with E-state index in [1.54, 1.807) is 0 Å². The average Bonchev–Trinajstić information content (AvgIpc) is 3.17. The Morgan fingerprint density at radius 1 is 1.47 bits per heavy atom. The highest BCUT2D eigenvalue weighted by molar-refractivity contribution is 5.82. The van der Waals surface area contributed by atoms with E-state index in [1.165, 1.54) is 18.9 Å². The van der Waals surface area contributed by atoms with Crippen molar-refractivity contribution >= 4 is 12.0 Å². The number of nitrogens with one attached hydrogen (secondary N) is 2. The molecule has 1 fully saturated rings. The third-order valence-corrected chi connectivity index (χ3v) is 2.81. The van der Waals surface area contributed by atoms with Crippen molar-refractivity contribution in [3.8, 4) is 0 Å². The second-order valence-electron chi connectivity index (χ2n) is 4.69. The largest absolute Gasteiger partial charge is 0.480 e. The summed E-state index contributed by atoms with van der Waals surface area (Å²) in [5.41, 5.74) is 0. The Hall–Kier alpha value is -1.56. The lowest BCUT2D eigenvalue weighted by Crippen LogP contribution is -2.46.